The molecule has 1 aromatic heterocycles. The highest BCUT2D eigenvalue weighted by Gasteiger charge is 2.29. The maximum absolute atomic E-state index is 12.7. The molecule has 0 fully saturated rings. The highest BCUT2D eigenvalue weighted by Crippen LogP contribution is 2.37. The van der Waals surface area contributed by atoms with E-state index < -0.39 is 5.92 Å². The Labute approximate surface area is 163 Å². The molecule has 2 aromatic rings. The van der Waals surface area contributed by atoms with Crippen molar-refractivity contribution < 1.29 is 4.79 Å². The topological polar surface area (TPSA) is 102 Å². The Bertz CT molecular complexity index is 1050. The Morgan fingerprint density at radius 3 is 2.32 bits per heavy atom. The lowest BCUT2D eigenvalue weighted by atomic mass is 9.81. The molecule has 28 heavy (non-hydrogen) atoms. The zero-order valence-corrected chi connectivity index (χ0v) is 15.9. The van der Waals surface area contributed by atoms with Gasteiger partial charge in [-0.15, -0.1) is 0 Å². The van der Waals surface area contributed by atoms with Gasteiger partial charge in [0.05, 0.1) is 41.1 Å². The molecule has 6 heteroatoms. The van der Waals surface area contributed by atoms with E-state index in [1.165, 1.54) is 0 Å². The number of benzene rings is 1. The third-order valence-corrected chi connectivity index (χ3v) is 4.65. The van der Waals surface area contributed by atoms with Crippen LogP contribution in [0.2, 0.25) is 0 Å². The van der Waals surface area contributed by atoms with Crippen LogP contribution < -0.4 is 10.6 Å². The molecule has 2 heterocycles. The van der Waals surface area contributed by atoms with Gasteiger partial charge in [-0.05, 0) is 50.6 Å². The molecule has 3 rings (SSSR count). The molecule has 1 amide bonds. The summed E-state index contributed by atoms with van der Waals surface area (Å²) >= 11 is 0. The molecule has 0 unspecified atom stereocenters. The minimum atomic E-state index is -0.495. The maximum atomic E-state index is 12.7. The first-order valence-corrected chi connectivity index (χ1v) is 8.77. The molecule has 0 saturated heterocycles. The number of carbonyl (C=O) groups is 1. The summed E-state index contributed by atoms with van der Waals surface area (Å²) < 4.78 is 0. The van der Waals surface area contributed by atoms with Crippen LogP contribution in [0, 0.1) is 29.6 Å². The standard InChI is InChI=1S/C22H19N5O/c1-13-7-8-18(12-25-13)27-22(28)17-6-4-5-16(9-17)21-19(10-23)14(2)26-15(3)20(21)11-24/h4-9,12,21,26H,1-3H3,(H,27,28). The number of nitrogens with zero attached hydrogens (tertiary/aromatic N) is 3. The van der Waals surface area contributed by atoms with Gasteiger partial charge in [-0.1, -0.05) is 12.1 Å². The van der Waals surface area contributed by atoms with Gasteiger partial charge in [-0.25, -0.2) is 0 Å². The van der Waals surface area contributed by atoms with Gasteiger partial charge in [-0.2, -0.15) is 10.5 Å². The highest BCUT2D eigenvalue weighted by atomic mass is 16.1. The van der Waals surface area contributed by atoms with E-state index in [9.17, 15) is 15.3 Å². The van der Waals surface area contributed by atoms with Crippen molar-refractivity contribution in [2.45, 2.75) is 26.7 Å². The SMILES string of the molecule is CC1=C(C#N)C(c2cccc(C(=O)Nc3ccc(C)nc3)c2)C(C#N)=C(C)N1. The normalized spacial score (nSPS) is 14.2. The number of amides is 1. The van der Waals surface area contributed by atoms with Crippen LogP contribution in [-0.4, -0.2) is 10.9 Å². The summed E-state index contributed by atoms with van der Waals surface area (Å²) in [5.74, 6) is -0.773. The average Bonchev–Trinajstić information content (AvgIpc) is 2.69. The quantitative estimate of drug-likeness (QED) is 0.854. The van der Waals surface area contributed by atoms with Crippen LogP contribution in [0.15, 0.2) is 65.1 Å². The van der Waals surface area contributed by atoms with Crippen LogP contribution in [0.5, 0.6) is 0 Å². The number of allylic oxidation sites excluding steroid dienone is 4. The number of rotatable bonds is 3. The van der Waals surface area contributed by atoms with Crippen molar-refractivity contribution in [1.29, 1.82) is 10.5 Å². The summed E-state index contributed by atoms with van der Waals surface area (Å²) in [5, 5.41) is 25.1. The largest absolute Gasteiger partial charge is 0.361 e. The average molecular weight is 369 g/mol. The van der Waals surface area contributed by atoms with E-state index >= 15 is 0 Å². The predicted octanol–water partition coefficient (Wildman–Crippen LogP) is 3.92. The van der Waals surface area contributed by atoms with Gasteiger partial charge in [0, 0.05) is 22.7 Å². The molecule has 138 valence electrons. The summed E-state index contributed by atoms with van der Waals surface area (Å²) in [7, 11) is 0. The van der Waals surface area contributed by atoms with E-state index in [0.29, 0.717) is 33.8 Å². The first-order valence-electron chi connectivity index (χ1n) is 8.77. The molecule has 1 aliphatic rings. The van der Waals surface area contributed by atoms with Crippen molar-refractivity contribution in [1.82, 2.24) is 10.3 Å². The van der Waals surface area contributed by atoms with Gasteiger partial charge >= 0.3 is 0 Å². The zero-order valence-electron chi connectivity index (χ0n) is 15.9. The lowest BCUT2D eigenvalue weighted by Gasteiger charge is -2.26. The van der Waals surface area contributed by atoms with Crippen LogP contribution in [0.4, 0.5) is 5.69 Å². The van der Waals surface area contributed by atoms with Gasteiger partial charge in [0.25, 0.3) is 5.91 Å². The fourth-order valence-corrected chi connectivity index (χ4v) is 3.23. The second-order valence-electron chi connectivity index (χ2n) is 6.63. The van der Waals surface area contributed by atoms with Crippen LogP contribution in [0.1, 0.15) is 41.4 Å². The Morgan fingerprint density at radius 2 is 1.75 bits per heavy atom. The molecular formula is C22H19N5O. The number of hydrogen-bond acceptors (Lipinski definition) is 5. The molecule has 1 aliphatic heterocycles. The number of aryl methyl sites for hydroxylation is 1. The van der Waals surface area contributed by atoms with Crippen molar-refractivity contribution in [3.8, 4) is 12.1 Å². The fraction of sp³-hybridized carbons (Fsp3) is 0.182. The van der Waals surface area contributed by atoms with Crippen LogP contribution in [-0.2, 0) is 0 Å². The lowest BCUT2D eigenvalue weighted by Crippen LogP contribution is -2.23. The molecule has 0 aliphatic carbocycles. The monoisotopic (exact) mass is 369 g/mol. The first kappa shape index (κ1) is 18.9. The summed E-state index contributed by atoms with van der Waals surface area (Å²) in [5.41, 5.74) is 5.01. The van der Waals surface area contributed by atoms with Crippen LogP contribution in [0.3, 0.4) is 0 Å². The molecule has 0 radical (unpaired) electrons. The summed E-state index contributed by atoms with van der Waals surface area (Å²) in [4.78, 5) is 16.8. The number of dihydropyridines is 1. The number of nitriles is 2. The Balaban J connectivity index is 1.97. The maximum Gasteiger partial charge on any atom is 0.255 e. The van der Waals surface area contributed by atoms with Crippen LogP contribution in [0.25, 0.3) is 0 Å². The van der Waals surface area contributed by atoms with Crippen molar-refractivity contribution in [3.05, 3.63) is 82.0 Å². The van der Waals surface area contributed by atoms with Crippen molar-refractivity contribution in [2.75, 3.05) is 5.32 Å². The Kier molecular flexibility index (Phi) is 5.24. The summed E-state index contributed by atoms with van der Waals surface area (Å²) in [6.45, 7) is 5.49. The van der Waals surface area contributed by atoms with Gasteiger partial charge in [-0.3, -0.25) is 9.78 Å². The smallest absolute Gasteiger partial charge is 0.255 e. The van der Waals surface area contributed by atoms with Gasteiger partial charge in [0.15, 0.2) is 0 Å². The second-order valence-corrected chi connectivity index (χ2v) is 6.63. The molecule has 2 N–H and O–H groups in total. The van der Waals surface area contributed by atoms with E-state index in [-0.39, 0.29) is 5.91 Å². The molecule has 0 bridgehead atoms. The number of aromatic nitrogens is 1. The van der Waals surface area contributed by atoms with E-state index in [2.05, 4.69) is 27.8 Å². The number of carbonyl (C=O) groups excluding carboxylic acids is 1. The van der Waals surface area contributed by atoms with Gasteiger partial charge in [0.2, 0.25) is 0 Å². The van der Waals surface area contributed by atoms with Gasteiger partial charge in [0.1, 0.15) is 0 Å². The van der Waals surface area contributed by atoms with Crippen molar-refractivity contribution >= 4 is 11.6 Å². The van der Waals surface area contributed by atoms with Crippen LogP contribution >= 0.6 is 0 Å². The third-order valence-electron chi connectivity index (χ3n) is 4.65. The summed E-state index contributed by atoms with van der Waals surface area (Å²) in [6, 6.07) is 15.0. The highest BCUT2D eigenvalue weighted by molar-refractivity contribution is 6.04. The van der Waals surface area contributed by atoms with E-state index in [0.717, 1.165) is 11.3 Å². The van der Waals surface area contributed by atoms with Crippen molar-refractivity contribution in [3.63, 3.8) is 0 Å². The molecular weight excluding hydrogens is 350 g/mol. The van der Waals surface area contributed by atoms with E-state index in [1.54, 1.807) is 30.5 Å². The third kappa shape index (κ3) is 3.62. The molecule has 0 spiro atoms. The number of nitrogens with one attached hydrogen (secondary N) is 2. The Hall–Kier alpha value is -3.90. The Morgan fingerprint density at radius 1 is 1.07 bits per heavy atom. The van der Waals surface area contributed by atoms with E-state index in [1.807, 2.05) is 32.9 Å². The minimum Gasteiger partial charge on any atom is -0.361 e. The molecule has 0 saturated carbocycles. The minimum absolute atomic E-state index is 0.278. The zero-order chi connectivity index (χ0) is 20.3. The lowest BCUT2D eigenvalue weighted by molar-refractivity contribution is 0.102. The molecule has 1 aromatic carbocycles. The van der Waals surface area contributed by atoms with Crippen molar-refractivity contribution in [2.24, 2.45) is 0 Å². The summed E-state index contributed by atoms with van der Waals surface area (Å²) in [6.07, 6.45) is 1.60. The number of pyridine rings is 1. The number of anilines is 1. The molecule has 0 atom stereocenters. The number of hydrogen-bond donors (Lipinski definition) is 2. The second kappa shape index (κ2) is 7.77. The molecule has 6 nitrogen and oxygen atoms in total. The van der Waals surface area contributed by atoms with E-state index in [4.69, 9.17) is 0 Å². The fourth-order valence-electron chi connectivity index (χ4n) is 3.23. The predicted molar refractivity (Wildman–Crippen MR) is 106 cm³/mol. The van der Waals surface area contributed by atoms with Gasteiger partial charge < -0.3 is 10.6 Å². The first-order chi connectivity index (χ1) is 13.4.